The standard InChI is InChI=1S/C19H12F4N4O2S2/c1-29-14-5-4-12(7-24-14)27-17(28)15-16(25-9-31-15)26-18(27)30-8-10-2-3-11(6-13(10)20)19(21,22)23/h2-7,9H,8H2,1H3. The number of methoxy groups -OCH3 is 1. The molecule has 0 fully saturated rings. The van der Waals surface area contributed by atoms with E-state index in [0.29, 0.717) is 22.3 Å². The number of thioether (sulfide) groups is 1. The fourth-order valence-corrected chi connectivity index (χ4v) is 4.37. The number of fused-ring (bicyclic) bond motifs is 1. The van der Waals surface area contributed by atoms with E-state index in [-0.39, 0.29) is 27.7 Å². The van der Waals surface area contributed by atoms with Gasteiger partial charge in [0.25, 0.3) is 5.56 Å². The Hall–Kier alpha value is -2.99. The first kappa shape index (κ1) is 21.2. The molecular weight excluding hydrogens is 456 g/mol. The first-order valence-electron chi connectivity index (χ1n) is 8.63. The topological polar surface area (TPSA) is 69.9 Å². The van der Waals surface area contributed by atoms with E-state index in [2.05, 4.69) is 15.0 Å². The fraction of sp³-hybridized carbons (Fsp3) is 0.158. The van der Waals surface area contributed by atoms with Crippen molar-refractivity contribution in [1.82, 2.24) is 19.5 Å². The van der Waals surface area contributed by atoms with Crippen LogP contribution < -0.4 is 10.3 Å². The zero-order valence-corrected chi connectivity index (χ0v) is 17.3. The Bertz CT molecular complexity index is 1300. The molecule has 1 aromatic carbocycles. The summed E-state index contributed by atoms with van der Waals surface area (Å²) in [6.45, 7) is 0. The van der Waals surface area contributed by atoms with Gasteiger partial charge in [-0.3, -0.25) is 9.36 Å². The van der Waals surface area contributed by atoms with Crippen LogP contribution in [0.25, 0.3) is 16.0 Å². The average molecular weight is 468 g/mol. The number of rotatable bonds is 5. The van der Waals surface area contributed by atoms with E-state index in [1.807, 2.05) is 0 Å². The molecule has 31 heavy (non-hydrogen) atoms. The van der Waals surface area contributed by atoms with Crippen molar-refractivity contribution < 1.29 is 22.3 Å². The van der Waals surface area contributed by atoms with Gasteiger partial charge in [0.15, 0.2) is 10.8 Å². The van der Waals surface area contributed by atoms with Crippen LogP contribution in [0.2, 0.25) is 0 Å². The summed E-state index contributed by atoms with van der Waals surface area (Å²) < 4.78 is 59.2. The second-order valence-electron chi connectivity index (χ2n) is 6.19. The van der Waals surface area contributed by atoms with E-state index in [9.17, 15) is 22.4 Å². The molecule has 160 valence electrons. The lowest BCUT2D eigenvalue weighted by Crippen LogP contribution is -2.21. The van der Waals surface area contributed by atoms with Gasteiger partial charge in [0.05, 0.1) is 30.1 Å². The maximum absolute atomic E-state index is 14.2. The first-order valence-corrected chi connectivity index (χ1v) is 10.5. The summed E-state index contributed by atoms with van der Waals surface area (Å²) >= 11 is 2.13. The lowest BCUT2D eigenvalue weighted by atomic mass is 10.1. The lowest BCUT2D eigenvalue weighted by molar-refractivity contribution is -0.137. The smallest absolute Gasteiger partial charge is 0.416 e. The molecule has 0 spiro atoms. The van der Waals surface area contributed by atoms with Crippen LogP contribution in [0.15, 0.2) is 52.0 Å². The number of halogens is 4. The van der Waals surface area contributed by atoms with E-state index in [0.717, 1.165) is 35.2 Å². The molecule has 0 N–H and O–H groups in total. The highest BCUT2D eigenvalue weighted by Gasteiger charge is 2.31. The molecule has 0 aliphatic carbocycles. The molecule has 4 rings (SSSR count). The first-order chi connectivity index (χ1) is 14.8. The van der Waals surface area contributed by atoms with Crippen molar-refractivity contribution in [3.63, 3.8) is 0 Å². The van der Waals surface area contributed by atoms with Crippen LogP contribution in [0.4, 0.5) is 17.6 Å². The number of ether oxygens (including phenoxy) is 1. The predicted octanol–water partition coefficient (Wildman–Crippen LogP) is 4.70. The minimum absolute atomic E-state index is 0.0460. The molecule has 0 radical (unpaired) electrons. The number of pyridine rings is 1. The van der Waals surface area contributed by atoms with Gasteiger partial charge in [0.1, 0.15) is 10.5 Å². The van der Waals surface area contributed by atoms with Gasteiger partial charge in [0, 0.05) is 11.8 Å². The van der Waals surface area contributed by atoms with E-state index in [1.54, 1.807) is 12.1 Å². The van der Waals surface area contributed by atoms with Gasteiger partial charge >= 0.3 is 6.18 Å². The van der Waals surface area contributed by atoms with Crippen LogP contribution >= 0.6 is 23.1 Å². The molecule has 4 aromatic rings. The molecule has 3 heterocycles. The number of thiazole rings is 1. The summed E-state index contributed by atoms with van der Waals surface area (Å²) in [5, 5.41) is 0.203. The molecule has 0 bridgehead atoms. The van der Waals surface area contributed by atoms with Crippen molar-refractivity contribution in [2.24, 2.45) is 0 Å². The molecule has 0 aliphatic heterocycles. The fourth-order valence-electron chi connectivity index (χ4n) is 2.73. The molecule has 0 unspecified atom stereocenters. The van der Waals surface area contributed by atoms with Gasteiger partial charge in [-0.2, -0.15) is 13.2 Å². The van der Waals surface area contributed by atoms with Crippen LogP contribution in [0.1, 0.15) is 11.1 Å². The number of hydrogen-bond acceptors (Lipinski definition) is 7. The zero-order chi connectivity index (χ0) is 22.2. The van der Waals surface area contributed by atoms with Crippen LogP contribution in [0, 0.1) is 5.82 Å². The highest BCUT2D eigenvalue weighted by atomic mass is 32.2. The molecule has 6 nitrogen and oxygen atoms in total. The maximum atomic E-state index is 14.2. The van der Waals surface area contributed by atoms with Gasteiger partial charge in [-0.1, -0.05) is 17.8 Å². The number of hydrogen-bond donors (Lipinski definition) is 0. The summed E-state index contributed by atoms with van der Waals surface area (Å²) in [6.07, 6.45) is -3.21. The largest absolute Gasteiger partial charge is 0.481 e. The maximum Gasteiger partial charge on any atom is 0.416 e. The Morgan fingerprint density at radius 1 is 1.19 bits per heavy atom. The van der Waals surface area contributed by atoms with Crippen molar-refractivity contribution in [3.8, 4) is 11.6 Å². The monoisotopic (exact) mass is 468 g/mol. The third-order valence-electron chi connectivity index (χ3n) is 4.26. The molecule has 0 atom stereocenters. The van der Waals surface area contributed by atoms with Gasteiger partial charge in [0.2, 0.25) is 5.88 Å². The zero-order valence-electron chi connectivity index (χ0n) is 15.7. The molecule has 0 saturated heterocycles. The highest BCUT2D eigenvalue weighted by Crippen LogP contribution is 2.32. The second kappa shape index (κ2) is 8.27. The van der Waals surface area contributed by atoms with Crippen LogP contribution in [0.5, 0.6) is 5.88 Å². The second-order valence-corrected chi connectivity index (χ2v) is 7.99. The van der Waals surface area contributed by atoms with Crippen molar-refractivity contribution in [2.75, 3.05) is 7.11 Å². The van der Waals surface area contributed by atoms with Crippen LogP contribution in [-0.2, 0) is 11.9 Å². The normalized spacial score (nSPS) is 11.8. The van der Waals surface area contributed by atoms with Gasteiger partial charge in [-0.15, -0.1) is 11.3 Å². The Morgan fingerprint density at radius 3 is 2.65 bits per heavy atom. The summed E-state index contributed by atoms with van der Waals surface area (Å²) in [6, 6.07) is 5.53. The van der Waals surface area contributed by atoms with Gasteiger partial charge in [-0.25, -0.2) is 19.3 Å². The van der Waals surface area contributed by atoms with Crippen molar-refractivity contribution in [3.05, 3.63) is 69.3 Å². The van der Waals surface area contributed by atoms with Crippen LogP contribution in [0.3, 0.4) is 0 Å². The average Bonchev–Trinajstić information content (AvgIpc) is 3.21. The SMILES string of the molecule is COc1ccc(-n2c(SCc3ccc(C(F)(F)F)cc3F)nc3ncsc3c2=O)cn1. The Balaban J connectivity index is 1.72. The predicted molar refractivity (Wildman–Crippen MR) is 108 cm³/mol. The third kappa shape index (κ3) is 4.26. The number of benzene rings is 1. The van der Waals surface area contributed by atoms with Gasteiger partial charge in [-0.05, 0) is 23.8 Å². The summed E-state index contributed by atoms with van der Waals surface area (Å²) in [5.41, 5.74) is 0.730. The quantitative estimate of drug-likeness (QED) is 0.240. The molecule has 0 amide bonds. The summed E-state index contributed by atoms with van der Waals surface area (Å²) in [4.78, 5) is 25.6. The minimum atomic E-state index is -4.63. The molecular formula is C19H12F4N4O2S2. The third-order valence-corrected chi connectivity index (χ3v) is 6.06. The van der Waals surface area contributed by atoms with Gasteiger partial charge < -0.3 is 4.74 Å². The molecule has 0 aliphatic rings. The van der Waals surface area contributed by atoms with Crippen molar-refractivity contribution in [2.45, 2.75) is 17.1 Å². The highest BCUT2D eigenvalue weighted by molar-refractivity contribution is 7.98. The molecule has 12 heteroatoms. The Labute approximate surface area is 180 Å². The summed E-state index contributed by atoms with van der Waals surface area (Å²) in [7, 11) is 1.46. The van der Waals surface area contributed by atoms with Crippen molar-refractivity contribution >= 4 is 33.4 Å². The van der Waals surface area contributed by atoms with E-state index in [1.165, 1.54) is 23.4 Å². The van der Waals surface area contributed by atoms with E-state index < -0.39 is 17.6 Å². The number of aromatic nitrogens is 4. The van der Waals surface area contributed by atoms with E-state index >= 15 is 0 Å². The minimum Gasteiger partial charge on any atom is -0.481 e. The Morgan fingerprint density at radius 2 is 2.00 bits per heavy atom. The molecule has 3 aromatic heterocycles. The van der Waals surface area contributed by atoms with Crippen LogP contribution in [-0.4, -0.2) is 26.6 Å². The molecule has 0 saturated carbocycles. The number of nitrogens with zero attached hydrogens (tertiary/aromatic N) is 4. The van der Waals surface area contributed by atoms with E-state index in [4.69, 9.17) is 4.74 Å². The Kier molecular flexibility index (Phi) is 5.67. The van der Waals surface area contributed by atoms with Crippen molar-refractivity contribution in [1.29, 1.82) is 0 Å². The lowest BCUT2D eigenvalue weighted by Gasteiger charge is -2.12. The summed E-state index contributed by atoms with van der Waals surface area (Å²) in [5.74, 6) is -0.683. The number of alkyl halides is 3.